The second kappa shape index (κ2) is 5.56. The van der Waals surface area contributed by atoms with E-state index in [0.29, 0.717) is 0 Å². The van der Waals surface area contributed by atoms with Gasteiger partial charge in [-0.15, -0.1) is 0 Å². The van der Waals surface area contributed by atoms with Gasteiger partial charge in [0.1, 0.15) is 0 Å². The van der Waals surface area contributed by atoms with E-state index in [1.165, 1.54) is 51.7 Å². The van der Waals surface area contributed by atoms with E-state index in [0.717, 1.165) is 0 Å². The Morgan fingerprint density at radius 1 is 1.18 bits per heavy atom. The molecule has 66 valence electrons. The summed E-state index contributed by atoms with van der Waals surface area (Å²) >= 11 is 0. The van der Waals surface area contributed by atoms with E-state index in [-0.39, 0.29) is 0 Å². The van der Waals surface area contributed by atoms with Gasteiger partial charge in [-0.3, -0.25) is 5.43 Å². The predicted molar refractivity (Wildman–Crippen MR) is 48.3 cm³/mol. The molecule has 0 bridgehead atoms. The summed E-state index contributed by atoms with van der Waals surface area (Å²) < 4.78 is 0. The van der Waals surface area contributed by atoms with Crippen LogP contribution >= 0.6 is 0 Å². The highest BCUT2D eigenvalue weighted by molar-refractivity contribution is 4.61. The van der Waals surface area contributed by atoms with Crippen LogP contribution in [-0.2, 0) is 0 Å². The van der Waals surface area contributed by atoms with Gasteiger partial charge in [0.05, 0.1) is 0 Å². The van der Waals surface area contributed by atoms with E-state index in [2.05, 4.69) is 17.4 Å². The van der Waals surface area contributed by atoms with Crippen LogP contribution in [0.5, 0.6) is 0 Å². The van der Waals surface area contributed by atoms with Gasteiger partial charge in [0.25, 0.3) is 0 Å². The zero-order valence-electron chi connectivity index (χ0n) is 7.60. The SMILES string of the molecule is CCCCCNN1CCCC1. The first-order valence-electron chi connectivity index (χ1n) is 4.92. The number of nitrogens with zero attached hydrogens (tertiary/aromatic N) is 1. The number of rotatable bonds is 5. The van der Waals surface area contributed by atoms with Gasteiger partial charge in [-0.1, -0.05) is 19.8 Å². The number of hydrogen-bond acceptors (Lipinski definition) is 2. The highest BCUT2D eigenvalue weighted by Gasteiger charge is 2.09. The highest BCUT2D eigenvalue weighted by atomic mass is 15.5. The zero-order valence-corrected chi connectivity index (χ0v) is 7.60. The molecule has 0 amide bonds. The summed E-state index contributed by atoms with van der Waals surface area (Å²) in [7, 11) is 0. The number of hydrogen-bond donors (Lipinski definition) is 1. The summed E-state index contributed by atoms with van der Waals surface area (Å²) in [5, 5.41) is 2.36. The third-order valence-electron chi connectivity index (χ3n) is 2.22. The van der Waals surface area contributed by atoms with Crippen molar-refractivity contribution in [1.82, 2.24) is 10.4 Å². The first-order valence-corrected chi connectivity index (χ1v) is 4.92. The number of nitrogens with one attached hydrogen (secondary N) is 1. The summed E-state index contributed by atoms with van der Waals surface area (Å²) in [6.45, 7) is 5.93. The van der Waals surface area contributed by atoms with Gasteiger partial charge in [-0.05, 0) is 19.3 Å². The minimum atomic E-state index is 1.17. The predicted octanol–water partition coefficient (Wildman–Crippen LogP) is 1.78. The van der Waals surface area contributed by atoms with Gasteiger partial charge < -0.3 is 0 Å². The van der Waals surface area contributed by atoms with Crippen molar-refractivity contribution in [3.8, 4) is 0 Å². The van der Waals surface area contributed by atoms with Crippen LogP contribution in [0.3, 0.4) is 0 Å². The molecule has 1 fully saturated rings. The molecule has 2 nitrogen and oxygen atoms in total. The van der Waals surface area contributed by atoms with E-state index in [1.807, 2.05) is 0 Å². The zero-order chi connectivity index (χ0) is 7.94. The van der Waals surface area contributed by atoms with Crippen LogP contribution in [0.1, 0.15) is 39.0 Å². The van der Waals surface area contributed by atoms with Crippen LogP contribution in [-0.4, -0.2) is 24.6 Å². The molecule has 1 aliphatic heterocycles. The molecule has 0 aromatic rings. The molecule has 11 heavy (non-hydrogen) atoms. The first kappa shape index (κ1) is 9.01. The van der Waals surface area contributed by atoms with Crippen molar-refractivity contribution in [1.29, 1.82) is 0 Å². The minimum absolute atomic E-state index is 1.17. The Labute approximate surface area is 69.9 Å². The summed E-state index contributed by atoms with van der Waals surface area (Å²) in [6.07, 6.45) is 6.76. The Hall–Kier alpha value is -0.0800. The normalized spacial score (nSPS) is 19.4. The topological polar surface area (TPSA) is 15.3 Å². The van der Waals surface area contributed by atoms with Gasteiger partial charge in [0.15, 0.2) is 0 Å². The van der Waals surface area contributed by atoms with Crippen molar-refractivity contribution in [3.05, 3.63) is 0 Å². The maximum Gasteiger partial charge on any atom is 0.0131 e. The molecule has 1 N–H and O–H groups in total. The molecule has 1 rings (SSSR count). The summed E-state index contributed by atoms with van der Waals surface area (Å²) in [5.41, 5.74) is 3.45. The maximum absolute atomic E-state index is 3.45. The lowest BCUT2D eigenvalue weighted by atomic mass is 10.2. The van der Waals surface area contributed by atoms with Crippen molar-refractivity contribution in [2.75, 3.05) is 19.6 Å². The molecule has 1 aliphatic rings. The quantitative estimate of drug-likeness (QED) is 0.610. The maximum atomic E-state index is 3.45. The molecule has 0 aliphatic carbocycles. The fourth-order valence-corrected chi connectivity index (χ4v) is 1.49. The van der Waals surface area contributed by atoms with E-state index >= 15 is 0 Å². The van der Waals surface area contributed by atoms with Gasteiger partial charge >= 0.3 is 0 Å². The van der Waals surface area contributed by atoms with Crippen LogP contribution in [0.15, 0.2) is 0 Å². The molecule has 2 heteroatoms. The largest absolute Gasteiger partial charge is 0.255 e. The first-order chi connectivity index (χ1) is 5.43. The molecule has 0 unspecified atom stereocenters. The Kier molecular flexibility index (Phi) is 4.55. The molecule has 0 saturated carbocycles. The van der Waals surface area contributed by atoms with Gasteiger partial charge in [0.2, 0.25) is 0 Å². The highest BCUT2D eigenvalue weighted by Crippen LogP contribution is 2.03. The molecule has 1 saturated heterocycles. The Morgan fingerprint density at radius 3 is 2.55 bits per heavy atom. The van der Waals surface area contributed by atoms with Crippen LogP contribution in [0.25, 0.3) is 0 Å². The second-order valence-corrected chi connectivity index (χ2v) is 3.31. The van der Waals surface area contributed by atoms with Crippen LogP contribution in [0, 0.1) is 0 Å². The standard InChI is InChI=1S/C9H20N2/c1-2-3-4-7-10-11-8-5-6-9-11/h10H,2-9H2,1H3. The Bertz CT molecular complexity index is 87.6. The summed E-state index contributed by atoms with van der Waals surface area (Å²) in [4.78, 5) is 0. The molecule has 0 atom stereocenters. The molecular weight excluding hydrogens is 136 g/mol. The van der Waals surface area contributed by atoms with E-state index < -0.39 is 0 Å². The molecule has 0 spiro atoms. The average Bonchev–Trinajstić information content (AvgIpc) is 2.50. The van der Waals surface area contributed by atoms with Gasteiger partial charge in [-0.25, -0.2) is 5.01 Å². The fraction of sp³-hybridized carbons (Fsp3) is 1.00. The third kappa shape index (κ3) is 3.73. The van der Waals surface area contributed by atoms with E-state index in [9.17, 15) is 0 Å². The van der Waals surface area contributed by atoms with E-state index in [1.54, 1.807) is 0 Å². The van der Waals surface area contributed by atoms with Gasteiger partial charge in [-0.2, -0.15) is 0 Å². The third-order valence-corrected chi connectivity index (χ3v) is 2.22. The Balaban J connectivity index is 1.86. The summed E-state index contributed by atoms with van der Waals surface area (Å²) in [5.74, 6) is 0. The lowest BCUT2D eigenvalue weighted by Gasteiger charge is -2.15. The minimum Gasteiger partial charge on any atom is -0.255 e. The van der Waals surface area contributed by atoms with Crippen molar-refractivity contribution in [2.24, 2.45) is 0 Å². The Morgan fingerprint density at radius 2 is 1.91 bits per heavy atom. The number of hydrazine groups is 1. The van der Waals surface area contributed by atoms with Crippen molar-refractivity contribution >= 4 is 0 Å². The molecular formula is C9H20N2. The average molecular weight is 156 g/mol. The molecule has 0 radical (unpaired) electrons. The van der Waals surface area contributed by atoms with Crippen molar-refractivity contribution in [3.63, 3.8) is 0 Å². The molecule has 1 heterocycles. The van der Waals surface area contributed by atoms with Gasteiger partial charge in [0, 0.05) is 19.6 Å². The molecule has 0 aromatic heterocycles. The van der Waals surface area contributed by atoms with Crippen LogP contribution in [0.4, 0.5) is 0 Å². The molecule has 0 aromatic carbocycles. The summed E-state index contributed by atoms with van der Waals surface area (Å²) in [6, 6.07) is 0. The van der Waals surface area contributed by atoms with Crippen molar-refractivity contribution < 1.29 is 0 Å². The fourth-order valence-electron chi connectivity index (χ4n) is 1.49. The lowest BCUT2D eigenvalue weighted by Crippen LogP contribution is -2.35. The van der Waals surface area contributed by atoms with Crippen LogP contribution < -0.4 is 5.43 Å². The number of unbranched alkanes of at least 4 members (excludes halogenated alkanes) is 2. The monoisotopic (exact) mass is 156 g/mol. The smallest absolute Gasteiger partial charge is 0.0131 e. The van der Waals surface area contributed by atoms with Crippen LogP contribution in [0.2, 0.25) is 0 Å². The second-order valence-electron chi connectivity index (χ2n) is 3.31. The lowest BCUT2D eigenvalue weighted by molar-refractivity contribution is 0.234. The van der Waals surface area contributed by atoms with Crippen molar-refractivity contribution in [2.45, 2.75) is 39.0 Å². The van der Waals surface area contributed by atoms with E-state index in [4.69, 9.17) is 0 Å².